The van der Waals surface area contributed by atoms with E-state index in [-0.39, 0.29) is 30.2 Å². The van der Waals surface area contributed by atoms with Gasteiger partial charge in [0.15, 0.2) is 0 Å². The minimum absolute atomic E-state index is 0.108. The number of rotatable bonds is 5. The van der Waals surface area contributed by atoms with Crippen LogP contribution in [0.15, 0.2) is 48.5 Å². The van der Waals surface area contributed by atoms with Gasteiger partial charge in [0, 0.05) is 48.6 Å². The average molecular weight is 498 g/mol. The Labute approximate surface area is 211 Å². The molecule has 3 amide bonds. The van der Waals surface area contributed by atoms with Crippen molar-refractivity contribution in [3.8, 4) is 0 Å². The third-order valence-corrected chi connectivity index (χ3v) is 6.98. The topological polar surface area (TPSA) is 79.0 Å². The number of amides is 3. The van der Waals surface area contributed by atoms with Crippen molar-refractivity contribution < 1.29 is 19.1 Å². The Balaban J connectivity index is 1.58. The van der Waals surface area contributed by atoms with Crippen molar-refractivity contribution in [2.75, 3.05) is 26.2 Å². The molecule has 8 heteroatoms. The predicted octanol–water partition coefficient (Wildman–Crippen LogP) is 3.89. The minimum atomic E-state index is -0.940. The molecular weight excluding hydrogens is 466 g/mol. The van der Waals surface area contributed by atoms with Crippen LogP contribution in [0.5, 0.6) is 0 Å². The van der Waals surface area contributed by atoms with Gasteiger partial charge in [-0.15, -0.1) is 0 Å². The van der Waals surface area contributed by atoms with E-state index in [0.717, 1.165) is 5.56 Å². The molecule has 2 aromatic rings. The highest BCUT2D eigenvalue weighted by Crippen LogP contribution is 2.39. The molecule has 2 fully saturated rings. The van der Waals surface area contributed by atoms with Gasteiger partial charge in [-0.2, -0.15) is 0 Å². The largest absolute Gasteiger partial charge is 0.354 e. The molecule has 0 bridgehead atoms. The molecule has 2 aliphatic heterocycles. The van der Waals surface area contributed by atoms with E-state index < -0.39 is 11.8 Å². The zero-order valence-electron chi connectivity index (χ0n) is 20.4. The first-order valence-corrected chi connectivity index (χ1v) is 12.5. The van der Waals surface area contributed by atoms with E-state index in [1.165, 1.54) is 0 Å². The number of nitrogens with zero attached hydrogens (tertiary/aromatic N) is 2. The third kappa shape index (κ3) is 5.21. The second-order valence-electron chi connectivity index (χ2n) is 9.70. The molecule has 2 saturated heterocycles. The van der Waals surface area contributed by atoms with Crippen LogP contribution in [0.25, 0.3) is 0 Å². The van der Waals surface area contributed by atoms with Crippen molar-refractivity contribution in [1.29, 1.82) is 0 Å². The van der Waals surface area contributed by atoms with Crippen molar-refractivity contribution in [1.82, 2.24) is 15.1 Å². The minimum Gasteiger partial charge on any atom is -0.354 e. The van der Waals surface area contributed by atoms with Gasteiger partial charge in [-0.1, -0.05) is 49.7 Å². The van der Waals surface area contributed by atoms with Crippen molar-refractivity contribution >= 4 is 29.3 Å². The van der Waals surface area contributed by atoms with Gasteiger partial charge in [0.25, 0.3) is 11.8 Å². The van der Waals surface area contributed by atoms with Crippen LogP contribution in [0.4, 0.5) is 0 Å². The van der Waals surface area contributed by atoms with Gasteiger partial charge in [-0.25, -0.2) is 0 Å². The number of piperidine rings is 1. The van der Waals surface area contributed by atoms with Crippen LogP contribution in [0.2, 0.25) is 5.02 Å². The molecule has 0 aromatic heterocycles. The number of aryl methyl sites for hydroxylation is 1. The fourth-order valence-electron chi connectivity index (χ4n) is 4.80. The summed E-state index contributed by atoms with van der Waals surface area (Å²) in [7, 11) is 0. The fourth-order valence-corrected chi connectivity index (χ4v) is 4.99. The second-order valence-corrected chi connectivity index (χ2v) is 10.1. The quantitative estimate of drug-likeness (QED) is 0.679. The molecule has 4 rings (SSSR count). The summed E-state index contributed by atoms with van der Waals surface area (Å²) >= 11 is 6.07. The predicted molar refractivity (Wildman–Crippen MR) is 134 cm³/mol. The first-order chi connectivity index (χ1) is 16.7. The summed E-state index contributed by atoms with van der Waals surface area (Å²) in [6.45, 7) is 7.40. The standard InChI is InChI=1S/C27H32ClN3O4/c1-18(2)16-29-24(32)23-17-35-27(31(23)26(34)22-10-5-4-7-19(22)3)11-13-30(14-12-27)25(33)20-8-6-9-21(28)15-20/h4-10,15,18,23H,11-14,16-17H2,1-3H3,(H,29,32)/t23-/m0/s1. The van der Waals surface area contributed by atoms with E-state index in [0.29, 0.717) is 48.6 Å². The van der Waals surface area contributed by atoms with E-state index in [4.69, 9.17) is 16.3 Å². The maximum absolute atomic E-state index is 13.8. The molecule has 2 aromatic carbocycles. The molecule has 1 atom stereocenters. The molecule has 1 N–H and O–H groups in total. The first kappa shape index (κ1) is 25.2. The summed E-state index contributed by atoms with van der Waals surface area (Å²) in [6, 6.07) is 13.5. The molecule has 0 saturated carbocycles. The van der Waals surface area contributed by atoms with Crippen molar-refractivity contribution in [2.45, 2.75) is 45.4 Å². The van der Waals surface area contributed by atoms with Crippen LogP contribution in [-0.4, -0.2) is 65.5 Å². The zero-order valence-corrected chi connectivity index (χ0v) is 21.2. The fraction of sp³-hybridized carbons (Fsp3) is 0.444. The second kappa shape index (κ2) is 10.4. The van der Waals surface area contributed by atoms with Gasteiger partial charge in [0.2, 0.25) is 5.91 Å². The molecule has 7 nitrogen and oxygen atoms in total. The van der Waals surface area contributed by atoms with E-state index in [1.807, 2.05) is 39.0 Å². The highest BCUT2D eigenvalue weighted by molar-refractivity contribution is 6.30. The third-order valence-electron chi connectivity index (χ3n) is 6.75. The monoisotopic (exact) mass is 497 g/mol. The number of halogens is 1. The number of carbonyl (C=O) groups is 3. The summed E-state index contributed by atoms with van der Waals surface area (Å²) in [6.07, 6.45) is 0.843. The molecule has 1 spiro atoms. The summed E-state index contributed by atoms with van der Waals surface area (Å²) in [4.78, 5) is 43.4. The SMILES string of the molecule is Cc1ccccc1C(=O)N1[C@H](C(=O)NCC(C)C)COC12CCN(C(=O)c1cccc(Cl)c1)CC2. The summed E-state index contributed by atoms with van der Waals surface area (Å²) in [5.41, 5.74) is 0.982. The Hall–Kier alpha value is -2.90. The highest BCUT2D eigenvalue weighted by atomic mass is 35.5. The lowest BCUT2D eigenvalue weighted by molar-refractivity contribution is -0.128. The first-order valence-electron chi connectivity index (χ1n) is 12.1. The summed E-state index contributed by atoms with van der Waals surface area (Å²) in [5, 5.41) is 3.47. The Morgan fingerprint density at radius 1 is 1.09 bits per heavy atom. The van der Waals surface area contributed by atoms with Crippen molar-refractivity contribution in [2.24, 2.45) is 5.92 Å². The molecule has 35 heavy (non-hydrogen) atoms. The maximum atomic E-state index is 13.8. The Morgan fingerprint density at radius 2 is 1.80 bits per heavy atom. The number of hydrogen-bond donors (Lipinski definition) is 1. The lowest BCUT2D eigenvalue weighted by Crippen LogP contribution is -2.60. The van der Waals surface area contributed by atoms with E-state index in [9.17, 15) is 14.4 Å². The lowest BCUT2D eigenvalue weighted by Gasteiger charge is -2.44. The number of nitrogens with one attached hydrogen (secondary N) is 1. The van der Waals surface area contributed by atoms with Crippen LogP contribution in [0, 0.1) is 12.8 Å². The molecular formula is C27H32ClN3O4. The molecule has 0 aliphatic carbocycles. The molecule has 2 heterocycles. The number of likely N-dealkylation sites (tertiary alicyclic amines) is 1. The Kier molecular flexibility index (Phi) is 7.47. The summed E-state index contributed by atoms with van der Waals surface area (Å²) in [5.74, 6) is -0.255. The van der Waals surface area contributed by atoms with Crippen LogP contribution >= 0.6 is 11.6 Å². The van der Waals surface area contributed by atoms with Crippen LogP contribution in [-0.2, 0) is 9.53 Å². The number of carbonyl (C=O) groups excluding carboxylic acids is 3. The molecule has 0 unspecified atom stereocenters. The van der Waals surface area contributed by atoms with Gasteiger partial charge < -0.3 is 15.0 Å². The zero-order chi connectivity index (χ0) is 25.2. The number of benzene rings is 2. The van der Waals surface area contributed by atoms with Gasteiger partial charge in [0.1, 0.15) is 11.8 Å². The Morgan fingerprint density at radius 3 is 2.46 bits per heavy atom. The van der Waals surface area contributed by atoms with Crippen LogP contribution in [0.1, 0.15) is 53.0 Å². The van der Waals surface area contributed by atoms with Gasteiger partial charge in [-0.05, 0) is 42.7 Å². The van der Waals surface area contributed by atoms with Crippen LogP contribution in [0.3, 0.4) is 0 Å². The lowest BCUT2D eigenvalue weighted by atomic mass is 9.95. The highest BCUT2D eigenvalue weighted by Gasteiger charge is 2.54. The smallest absolute Gasteiger partial charge is 0.257 e. The van der Waals surface area contributed by atoms with Crippen LogP contribution < -0.4 is 5.32 Å². The van der Waals surface area contributed by atoms with Gasteiger partial charge in [-0.3, -0.25) is 19.3 Å². The number of hydrogen-bond acceptors (Lipinski definition) is 4. The van der Waals surface area contributed by atoms with Gasteiger partial charge >= 0.3 is 0 Å². The number of ether oxygens (including phenoxy) is 1. The maximum Gasteiger partial charge on any atom is 0.257 e. The van der Waals surface area contributed by atoms with E-state index >= 15 is 0 Å². The van der Waals surface area contributed by atoms with Crippen molar-refractivity contribution in [3.05, 3.63) is 70.2 Å². The summed E-state index contributed by atoms with van der Waals surface area (Å²) < 4.78 is 6.26. The van der Waals surface area contributed by atoms with E-state index in [1.54, 1.807) is 40.1 Å². The molecule has 186 valence electrons. The average Bonchev–Trinajstić information content (AvgIpc) is 3.21. The normalized spacial score (nSPS) is 19.3. The molecule has 2 aliphatic rings. The van der Waals surface area contributed by atoms with Crippen molar-refractivity contribution in [3.63, 3.8) is 0 Å². The Bertz CT molecular complexity index is 1110. The van der Waals surface area contributed by atoms with E-state index in [2.05, 4.69) is 5.32 Å². The van der Waals surface area contributed by atoms with Gasteiger partial charge in [0.05, 0.1) is 6.61 Å². The molecule has 0 radical (unpaired) electrons.